The number of carbonyl (C=O) groups is 1. The normalized spacial score (nSPS) is 21.7. The van der Waals surface area contributed by atoms with Gasteiger partial charge in [0.1, 0.15) is 6.04 Å². The fourth-order valence-electron chi connectivity index (χ4n) is 3.28. The summed E-state index contributed by atoms with van der Waals surface area (Å²) in [5, 5.41) is 7.01. The van der Waals surface area contributed by atoms with Crippen LogP contribution in [0.4, 0.5) is 0 Å². The van der Waals surface area contributed by atoms with Crippen LogP contribution in [0.3, 0.4) is 0 Å². The molecule has 0 aromatic heterocycles. The average Bonchev–Trinajstić information content (AvgIpc) is 3.10. The molecule has 3 rings (SSSR count). The molecule has 2 unspecified atom stereocenters. The zero-order valence-corrected chi connectivity index (χ0v) is 16.5. The van der Waals surface area contributed by atoms with Crippen LogP contribution >= 0.6 is 36.4 Å². The monoisotopic (exact) mass is 409 g/mol. The van der Waals surface area contributed by atoms with E-state index < -0.39 is 0 Å². The van der Waals surface area contributed by atoms with Gasteiger partial charge in [-0.15, -0.1) is 24.8 Å². The quantitative estimate of drug-likeness (QED) is 0.783. The number of hydrogen-bond acceptors (Lipinski definition) is 4. The molecule has 142 valence electrons. The van der Waals surface area contributed by atoms with Gasteiger partial charge in [-0.25, -0.2) is 0 Å². The van der Waals surface area contributed by atoms with Gasteiger partial charge >= 0.3 is 0 Å². The number of morpholine rings is 1. The Morgan fingerprint density at radius 3 is 2.76 bits per heavy atom. The maximum atomic E-state index is 12.3. The van der Waals surface area contributed by atoms with E-state index in [-0.39, 0.29) is 42.8 Å². The van der Waals surface area contributed by atoms with E-state index in [0.29, 0.717) is 19.8 Å². The molecule has 2 heterocycles. The molecule has 1 amide bonds. The van der Waals surface area contributed by atoms with Gasteiger partial charge in [0.15, 0.2) is 0 Å². The van der Waals surface area contributed by atoms with E-state index in [1.165, 1.54) is 12.8 Å². The number of benzene rings is 1. The predicted octanol–water partition coefficient (Wildman–Crippen LogP) is 2.43. The van der Waals surface area contributed by atoms with Gasteiger partial charge in [0, 0.05) is 18.1 Å². The maximum Gasteiger partial charge on any atom is 0.239 e. The van der Waals surface area contributed by atoms with Crippen LogP contribution in [0.2, 0.25) is 5.02 Å². The molecule has 5 nitrogen and oxygen atoms in total. The van der Waals surface area contributed by atoms with Crippen molar-refractivity contribution >= 4 is 42.3 Å². The minimum absolute atomic E-state index is 0. The van der Waals surface area contributed by atoms with Gasteiger partial charge in [0.25, 0.3) is 0 Å². The van der Waals surface area contributed by atoms with Crippen LogP contribution in [0.15, 0.2) is 24.3 Å². The third-order valence-corrected chi connectivity index (χ3v) is 4.76. The lowest BCUT2D eigenvalue weighted by Gasteiger charge is -2.30. The Hall–Kier alpha value is -0.560. The second kappa shape index (κ2) is 11.2. The van der Waals surface area contributed by atoms with Crippen molar-refractivity contribution in [1.82, 2.24) is 15.5 Å². The summed E-state index contributed by atoms with van der Waals surface area (Å²) in [6.45, 7) is 4.56. The van der Waals surface area contributed by atoms with Crippen molar-refractivity contribution in [2.45, 2.75) is 24.9 Å². The van der Waals surface area contributed by atoms with Crippen LogP contribution in [-0.4, -0.2) is 56.2 Å². The first-order chi connectivity index (χ1) is 11.2. The smallest absolute Gasteiger partial charge is 0.239 e. The van der Waals surface area contributed by atoms with Crippen LogP contribution in [-0.2, 0) is 9.53 Å². The lowest BCUT2D eigenvalue weighted by Crippen LogP contribution is -2.52. The van der Waals surface area contributed by atoms with Crippen LogP contribution < -0.4 is 10.6 Å². The molecule has 2 fully saturated rings. The number of rotatable bonds is 5. The molecule has 2 aliphatic rings. The summed E-state index contributed by atoms with van der Waals surface area (Å²) in [5.41, 5.74) is 1.16. The number of amides is 1. The predicted molar refractivity (Wildman–Crippen MR) is 105 cm³/mol. The van der Waals surface area contributed by atoms with E-state index in [0.717, 1.165) is 30.2 Å². The number of nitrogens with one attached hydrogen (secondary N) is 2. The van der Waals surface area contributed by atoms with Gasteiger partial charge in [0.05, 0.1) is 19.3 Å². The summed E-state index contributed by atoms with van der Waals surface area (Å²) < 4.78 is 5.36. The lowest BCUT2D eigenvalue weighted by atomic mass is 10.1. The first kappa shape index (κ1) is 22.5. The van der Waals surface area contributed by atoms with E-state index in [1.54, 1.807) is 0 Å². The Morgan fingerprint density at radius 2 is 2.12 bits per heavy atom. The summed E-state index contributed by atoms with van der Waals surface area (Å²) in [4.78, 5) is 14.7. The Bertz CT molecular complexity index is 536. The molecule has 2 N–H and O–H groups in total. The topological polar surface area (TPSA) is 53.6 Å². The zero-order chi connectivity index (χ0) is 16.1. The molecule has 1 aromatic rings. The van der Waals surface area contributed by atoms with Crippen LogP contribution in [0, 0.1) is 0 Å². The van der Waals surface area contributed by atoms with Gasteiger partial charge in [-0.2, -0.15) is 0 Å². The summed E-state index contributed by atoms with van der Waals surface area (Å²) in [6, 6.07) is 7.86. The van der Waals surface area contributed by atoms with E-state index >= 15 is 0 Å². The molecule has 0 spiro atoms. The van der Waals surface area contributed by atoms with Crippen LogP contribution in [0.1, 0.15) is 24.4 Å². The first-order valence-electron chi connectivity index (χ1n) is 8.32. The van der Waals surface area contributed by atoms with E-state index in [1.807, 2.05) is 18.2 Å². The van der Waals surface area contributed by atoms with Crippen molar-refractivity contribution in [3.8, 4) is 0 Å². The summed E-state index contributed by atoms with van der Waals surface area (Å²) in [6.07, 6.45) is 2.42. The summed E-state index contributed by atoms with van der Waals surface area (Å²) >= 11 is 6.15. The van der Waals surface area contributed by atoms with Crippen molar-refractivity contribution in [3.63, 3.8) is 0 Å². The number of nitrogens with zero attached hydrogens (tertiary/aromatic N) is 1. The number of carbonyl (C=O) groups excluding carboxylic acids is 1. The van der Waals surface area contributed by atoms with Crippen molar-refractivity contribution in [2.24, 2.45) is 0 Å². The maximum absolute atomic E-state index is 12.3. The molecule has 0 radical (unpaired) electrons. The number of likely N-dealkylation sites (tertiary alicyclic amines) is 1. The molecule has 1 aromatic carbocycles. The highest BCUT2D eigenvalue weighted by molar-refractivity contribution is 6.30. The van der Waals surface area contributed by atoms with Crippen LogP contribution in [0.25, 0.3) is 0 Å². The standard InChI is InChI=1S/C17H24ClN3O2.2ClH/c18-14-5-3-4-13(10-14)16(21-7-1-2-8-21)11-20-17(22)15-12-23-9-6-19-15;;/h3-5,10,15-16,19H,1-2,6-9,11-12H2,(H,20,22);2*1H. The van der Waals surface area contributed by atoms with Crippen LogP contribution in [0.5, 0.6) is 0 Å². The summed E-state index contributed by atoms with van der Waals surface area (Å²) in [5.74, 6) is 0.0101. The second-order valence-electron chi connectivity index (χ2n) is 6.14. The van der Waals surface area contributed by atoms with Crippen molar-refractivity contribution in [2.75, 3.05) is 39.4 Å². The molecule has 2 aliphatic heterocycles. The Kier molecular flexibility index (Phi) is 10.1. The third-order valence-electron chi connectivity index (χ3n) is 4.52. The molecule has 2 saturated heterocycles. The number of ether oxygens (including phenoxy) is 1. The first-order valence-corrected chi connectivity index (χ1v) is 8.70. The zero-order valence-electron chi connectivity index (χ0n) is 14.1. The largest absolute Gasteiger partial charge is 0.378 e. The summed E-state index contributed by atoms with van der Waals surface area (Å²) in [7, 11) is 0. The van der Waals surface area contributed by atoms with Gasteiger partial charge in [-0.3, -0.25) is 9.69 Å². The Labute approximate surface area is 166 Å². The van der Waals surface area contributed by atoms with Crippen molar-refractivity contribution < 1.29 is 9.53 Å². The second-order valence-corrected chi connectivity index (χ2v) is 6.58. The van der Waals surface area contributed by atoms with Gasteiger partial charge < -0.3 is 15.4 Å². The molecule has 0 bridgehead atoms. The highest BCUT2D eigenvalue weighted by Gasteiger charge is 2.26. The fraction of sp³-hybridized carbons (Fsp3) is 0.588. The molecule has 0 aliphatic carbocycles. The Morgan fingerprint density at radius 1 is 1.36 bits per heavy atom. The minimum atomic E-state index is -0.248. The SMILES string of the molecule is Cl.Cl.O=C(NCC(c1cccc(Cl)c1)N1CCCC1)C1COCCN1. The molecule has 2 atom stereocenters. The van der Waals surface area contributed by atoms with Crippen molar-refractivity contribution in [3.05, 3.63) is 34.9 Å². The van der Waals surface area contributed by atoms with E-state index in [9.17, 15) is 4.79 Å². The van der Waals surface area contributed by atoms with E-state index in [2.05, 4.69) is 21.6 Å². The average molecular weight is 411 g/mol. The molecular formula is C17H26Cl3N3O2. The highest BCUT2D eigenvalue weighted by atomic mass is 35.5. The molecule has 25 heavy (non-hydrogen) atoms. The van der Waals surface area contributed by atoms with Crippen molar-refractivity contribution in [1.29, 1.82) is 0 Å². The number of halogens is 3. The molecule has 0 saturated carbocycles. The molecular weight excluding hydrogens is 385 g/mol. The highest BCUT2D eigenvalue weighted by Crippen LogP contribution is 2.26. The van der Waals surface area contributed by atoms with Gasteiger partial charge in [-0.05, 0) is 43.6 Å². The van der Waals surface area contributed by atoms with Gasteiger partial charge in [0.2, 0.25) is 5.91 Å². The lowest BCUT2D eigenvalue weighted by molar-refractivity contribution is -0.126. The Balaban J connectivity index is 0.00000156. The molecule has 8 heteroatoms. The number of hydrogen-bond donors (Lipinski definition) is 2. The van der Waals surface area contributed by atoms with Gasteiger partial charge in [-0.1, -0.05) is 23.7 Å². The van der Waals surface area contributed by atoms with E-state index in [4.69, 9.17) is 16.3 Å². The fourth-order valence-corrected chi connectivity index (χ4v) is 3.48. The third kappa shape index (κ3) is 6.27. The minimum Gasteiger partial charge on any atom is -0.378 e.